The van der Waals surface area contributed by atoms with Crippen LogP contribution in [-0.2, 0) is 17.8 Å². The number of fused-ring (bicyclic) bond motifs is 1. The number of hydrogen-bond acceptors (Lipinski definition) is 5. The van der Waals surface area contributed by atoms with Crippen LogP contribution in [0.4, 0.5) is 5.69 Å². The number of ether oxygens (including phenoxy) is 2. The van der Waals surface area contributed by atoms with E-state index in [0.717, 1.165) is 53.9 Å². The van der Waals surface area contributed by atoms with Crippen LogP contribution in [0.3, 0.4) is 0 Å². The molecule has 0 fully saturated rings. The molecular formula is C28H31N3O3. The molecule has 4 rings (SSSR count). The van der Waals surface area contributed by atoms with E-state index in [0.29, 0.717) is 5.75 Å². The van der Waals surface area contributed by atoms with Crippen LogP contribution in [0, 0.1) is 13.8 Å². The molecule has 0 unspecified atom stereocenters. The minimum absolute atomic E-state index is 0.0934. The van der Waals surface area contributed by atoms with Crippen molar-refractivity contribution in [3.05, 3.63) is 88.5 Å². The van der Waals surface area contributed by atoms with Crippen LogP contribution in [0.15, 0.2) is 65.8 Å². The topological polar surface area (TPSA) is 63.2 Å². The van der Waals surface area contributed by atoms with Crippen LogP contribution < -0.4 is 19.8 Å². The maximum atomic E-state index is 12.2. The van der Waals surface area contributed by atoms with Crippen LogP contribution in [0.25, 0.3) is 0 Å². The molecule has 0 aliphatic carbocycles. The van der Waals surface area contributed by atoms with Crippen molar-refractivity contribution >= 4 is 17.8 Å². The van der Waals surface area contributed by atoms with Crippen molar-refractivity contribution in [3.63, 3.8) is 0 Å². The van der Waals surface area contributed by atoms with Crippen molar-refractivity contribution in [2.24, 2.45) is 5.10 Å². The molecule has 34 heavy (non-hydrogen) atoms. The molecule has 1 heterocycles. The summed E-state index contributed by atoms with van der Waals surface area (Å²) >= 11 is 0. The number of nitrogens with one attached hydrogen (secondary N) is 1. The Morgan fingerprint density at radius 2 is 1.94 bits per heavy atom. The van der Waals surface area contributed by atoms with E-state index in [9.17, 15) is 4.79 Å². The van der Waals surface area contributed by atoms with Crippen LogP contribution >= 0.6 is 0 Å². The van der Waals surface area contributed by atoms with Crippen molar-refractivity contribution < 1.29 is 14.3 Å². The molecule has 6 heteroatoms. The fraction of sp³-hybridized carbons (Fsp3) is 0.286. The number of carbonyl (C=O) groups is 1. The number of rotatable bonds is 8. The molecule has 0 spiro atoms. The van der Waals surface area contributed by atoms with E-state index in [1.807, 2.05) is 44.2 Å². The first-order valence-corrected chi connectivity index (χ1v) is 11.6. The fourth-order valence-corrected chi connectivity index (χ4v) is 4.22. The minimum atomic E-state index is -0.309. The predicted molar refractivity (Wildman–Crippen MR) is 136 cm³/mol. The molecule has 0 saturated heterocycles. The van der Waals surface area contributed by atoms with E-state index in [1.54, 1.807) is 13.3 Å². The van der Waals surface area contributed by atoms with Gasteiger partial charge in [0.15, 0.2) is 6.61 Å². The van der Waals surface area contributed by atoms with Crippen molar-refractivity contribution in [3.8, 4) is 11.5 Å². The average Bonchev–Trinajstić information content (AvgIpc) is 2.85. The first-order valence-electron chi connectivity index (χ1n) is 11.6. The highest BCUT2D eigenvalue weighted by Gasteiger charge is 2.18. The SMILES string of the molecule is COc1ccc(/C=N\NC(=O)COc2cccc(C)c2C)cc1CN1CCCc2ccccc21. The number of hydrogen-bond donors (Lipinski definition) is 1. The van der Waals surface area contributed by atoms with E-state index < -0.39 is 0 Å². The highest BCUT2D eigenvalue weighted by atomic mass is 16.5. The van der Waals surface area contributed by atoms with Crippen LogP contribution in [0.1, 0.15) is 34.2 Å². The molecule has 1 aliphatic rings. The van der Waals surface area contributed by atoms with Gasteiger partial charge in [-0.3, -0.25) is 4.79 Å². The molecule has 3 aromatic rings. The Labute approximate surface area is 201 Å². The van der Waals surface area contributed by atoms with Gasteiger partial charge in [-0.1, -0.05) is 30.3 Å². The maximum Gasteiger partial charge on any atom is 0.277 e. The minimum Gasteiger partial charge on any atom is -0.496 e. The summed E-state index contributed by atoms with van der Waals surface area (Å²) in [7, 11) is 1.69. The van der Waals surface area contributed by atoms with Crippen LogP contribution in [0.2, 0.25) is 0 Å². The van der Waals surface area contributed by atoms with Gasteiger partial charge in [-0.05, 0) is 79.3 Å². The quantitative estimate of drug-likeness (QED) is 0.390. The van der Waals surface area contributed by atoms with E-state index >= 15 is 0 Å². The van der Waals surface area contributed by atoms with Crippen molar-refractivity contribution in [2.45, 2.75) is 33.2 Å². The first kappa shape index (κ1) is 23.4. The van der Waals surface area contributed by atoms with Crippen LogP contribution in [0.5, 0.6) is 11.5 Å². The summed E-state index contributed by atoms with van der Waals surface area (Å²) in [6, 6.07) is 20.3. The maximum absolute atomic E-state index is 12.2. The largest absolute Gasteiger partial charge is 0.496 e. The second-order valence-electron chi connectivity index (χ2n) is 8.51. The van der Waals surface area contributed by atoms with Gasteiger partial charge in [-0.15, -0.1) is 0 Å². The number of methoxy groups -OCH3 is 1. The number of anilines is 1. The lowest BCUT2D eigenvalue weighted by Gasteiger charge is -2.31. The summed E-state index contributed by atoms with van der Waals surface area (Å²) in [5.74, 6) is 1.24. The van der Waals surface area contributed by atoms with Gasteiger partial charge in [0.1, 0.15) is 11.5 Å². The first-order chi connectivity index (χ1) is 16.5. The number of carbonyl (C=O) groups excluding carboxylic acids is 1. The van der Waals surface area contributed by atoms with Crippen molar-refractivity contribution in [1.82, 2.24) is 5.43 Å². The summed E-state index contributed by atoms with van der Waals surface area (Å²) in [5, 5.41) is 4.11. The summed E-state index contributed by atoms with van der Waals surface area (Å²) < 4.78 is 11.2. The number of benzene rings is 3. The zero-order valence-corrected chi connectivity index (χ0v) is 20.0. The van der Waals surface area contributed by atoms with Crippen molar-refractivity contribution in [1.29, 1.82) is 0 Å². The van der Waals surface area contributed by atoms with Gasteiger partial charge < -0.3 is 14.4 Å². The van der Waals surface area contributed by atoms with Gasteiger partial charge in [-0.25, -0.2) is 5.43 Å². The summed E-state index contributed by atoms with van der Waals surface area (Å²) in [6.45, 7) is 5.65. The van der Waals surface area contributed by atoms with Gasteiger partial charge in [-0.2, -0.15) is 5.10 Å². The lowest BCUT2D eigenvalue weighted by atomic mass is 10.0. The van der Waals surface area contributed by atoms with Gasteiger partial charge in [0, 0.05) is 24.3 Å². The monoisotopic (exact) mass is 457 g/mol. The summed E-state index contributed by atoms with van der Waals surface area (Å²) in [6.07, 6.45) is 3.89. The van der Waals surface area contributed by atoms with Crippen LogP contribution in [-0.4, -0.2) is 32.4 Å². The number of para-hydroxylation sites is 1. The number of nitrogens with zero attached hydrogens (tertiary/aromatic N) is 2. The average molecular weight is 458 g/mol. The normalized spacial score (nSPS) is 13.0. The third-order valence-corrected chi connectivity index (χ3v) is 6.19. The number of aryl methyl sites for hydroxylation is 2. The van der Waals surface area contributed by atoms with Crippen molar-refractivity contribution in [2.75, 3.05) is 25.2 Å². The molecule has 0 atom stereocenters. The third kappa shape index (κ3) is 5.57. The molecule has 0 aromatic heterocycles. The Kier molecular flexibility index (Phi) is 7.48. The molecule has 0 bridgehead atoms. The second kappa shape index (κ2) is 10.9. The highest BCUT2D eigenvalue weighted by molar-refractivity contribution is 5.83. The zero-order valence-electron chi connectivity index (χ0n) is 20.0. The predicted octanol–water partition coefficient (Wildman–Crippen LogP) is 4.79. The van der Waals surface area contributed by atoms with E-state index in [2.05, 4.69) is 45.8 Å². The van der Waals surface area contributed by atoms with E-state index in [1.165, 1.54) is 11.3 Å². The third-order valence-electron chi connectivity index (χ3n) is 6.19. The Hall–Kier alpha value is -3.80. The van der Waals surface area contributed by atoms with Gasteiger partial charge >= 0.3 is 0 Å². The lowest BCUT2D eigenvalue weighted by Crippen LogP contribution is -2.29. The Bertz CT molecular complexity index is 1190. The molecule has 3 aromatic carbocycles. The molecule has 0 saturated carbocycles. The highest BCUT2D eigenvalue weighted by Crippen LogP contribution is 2.30. The molecular weight excluding hydrogens is 426 g/mol. The molecule has 176 valence electrons. The second-order valence-corrected chi connectivity index (χ2v) is 8.51. The fourth-order valence-electron chi connectivity index (χ4n) is 4.22. The van der Waals surface area contributed by atoms with Gasteiger partial charge in [0.05, 0.1) is 13.3 Å². The lowest BCUT2D eigenvalue weighted by molar-refractivity contribution is -0.123. The van der Waals surface area contributed by atoms with Gasteiger partial charge in [0.25, 0.3) is 5.91 Å². The van der Waals surface area contributed by atoms with E-state index in [-0.39, 0.29) is 12.5 Å². The Morgan fingerprint density at radius 3 is 2.79 bits per heavy atom. The molecule has 1 aliphatic heterocycles. The zero-order chi connectivity index (χ0) is 23.9. The molecule has 1 N–H and O–H groups in total. The molecule has 0 radical (unpaired) electrons. The number of hydrazone groups is 1. The smallest absolute Gasteiger partial charge is 0.277 e. The summed E-state index contributed by atoms with van der Waals surface area (Å²) in [4.78, 5) is 14.6. The number of amides is 1. The Balaban J connectivity index is 1.39. The molecule has 6 nitrogen and oxygen atoms in total. The van der Waals surface area contributed by atoms with E-state index in [4.69, 9.17) is 9.47 Å². The molecule has 1 amide bonds. The van der Waals surface area contributed by atoms with Gasteiger partial charge in [0.2, 0.25) is 0 Å². The standard InChI is InChI=1S/C28H31N3O3/c1-20-8-6-12-26(21(20)2)34-19-28(32)30-29-17-22-13-14-27(33-3)24(16-22)18-31-15-7-10-23-9-4-5-11-25(23)31/h4-6,8-9,11-14,16-17H,7,10,15,18-19H2,1-3H3,(H,30,32)/b29-17-. The summed E-state index contributed by atoms with van der Waals surface area (Å²) in [5.41, 5.74) is 9.33. The Morgan fingerprint density at radius 1 is 1.09 bits per heavy atom.